The van der Waals surface area contributed by atoms with E-state index >= 15 is 0 Å². The van der Waals surface area contributed by atoms with Crippen LogP contribution in [0.4, 0.5) is 0 Å². The Balaban J connectivity index is 2.25. The topological polar surface area (TPSA) is 15.3 Å². The number of nitrogens with one attached hydrogen (secondary N) is 1. The van der Waals surface area contributed by atoms with E-state index in [1.165, 1.54) is 45.3 Å². The molecule has 1 heterocycles. The molecule has 0 amide bonds. The van der Waals surface area contributed by atoms with E-state index < -0.39 is 0 Å². The van der Waals surface area contributed by atoms with Gasteiger partial charge in [0.25, 0.3) is 0 Å². The molecule has 84 valence electrons. The predicted octanol–water partition coefficient (Wildman–Crippen LogP) is 2.11. The number of likely N-dealkylation sites (tertiary alicyclic amines) is 1. The fourth-order valence-corrected chi connectivity index (χ4v) is 2.48. The van der Waals surface area contributed by atoms with Crippen LogP contribution in [0.15, 0.2) is 0 Å². The van der Waals surface area contributed by atoms with Crippen molar-refractivity contribution in [2.75, 3.05) is 26.7 Å². The third-order valence-electron chi connectivity index (χ3n) is 3.32. The maximum Gasteiger partial charge on any atom is 0.00388 e. The second-order valence-corrected chi connectivity index (χ2v) is 4.73. The molecule has 0 radical (unpaired) electrons. The summed E-state index contributed by atoms with van der Waals surface area (Å²) < 4.78 is 0. The first kappa shape index (κ1) is 12.0. The van der Waals surface area contributed by atoms with E-state index in [1.807, 2.05) is 0 Å². The average molecular weight is 198 g/mol. The molecule has 2 heteroatoms. The van der Waals surface area contributed by atoms with Gasteiger partial charge in [-0.15, -0.1) is 0 Å². The molecule has 2 nitrogen and oxygen atoms in total. The van der Waals surface area contributed by atoms with Crippen LogP contribution in [0, 0.1) is 5.92 Å². The molecule has 1 aliphatic rings. The lowest BCUT2D eigenvalue weighted by atomic mass is 9.92. The van der Waals surface area contributed by atoms with Crippen molar-refractivity contribution in [3.8, 4) is 0 Å². The van der Waals surface area contributed by atoms with E-state index in [1.54, 1.807) is 0 Å². The summed E-state index contributed by atoms with van der Waals surface area (Å²) in [5, 5.41) is 3.34. The van der Waals surface area contributed by atoms with E-state index in [9.17, 15) is 0 Å². The molecule has 0 aromatic heterocycles. The van der Waals surface area contributed by atoms with E-state index in [0.29, 0.717) is 6.04 Å². The standard InChI is InChI=1S/C12H26N2/c1-4-7-14-8-5-6-12(10-14)9-11(2)13-3/h11-13H,4-10H2,1-3H3. The molecule has 1 fully saturated rings. The number of nitrogens with zero attached hydrogens (tertiary/aromatic N) is 1. The minimum atomic E-state index is 0.682. The molecule has 14 heavy (non-hydrogen) atoms. The lowest BCUT2D eigenvalue weighted by Crippen LogP contribution is -2.38. The van der Waals surface area contributed by atoms with Gasteiger partial charge in [-0.3, -0.25) is 0 Å². The van der Waals surface area contributed by atoms with E-state index in [-0.39, 0.29) is 0 Å². The molecule has 1 N–H and O–H groups in total. The summed E-state index contributed by atoms with van der Waals surface area (Å²) in [7, 11) is 2.07. The van der Waals surface area contributed by atoms with Gasteiger partial charge in [-0.2, -0.15) is 0 Å². The summed E-state index contributed by atoms with van der Waals surface area (Å²) in [4.78, 5) is 2.64. The predicted molar refractivity (Wildman–Crippen MR) is 62.6 cm³/mol. The first-order valence-corrected chi connectivity index (χ1v) is 6.15. The van der Waals surface area contributed by atoms with Crippen molar-refractivity contribution in [3.05, 3.63) is 0 Å². The summed E-state index contributed by atoms with van der Waals surface area (Å²) in [5.74, 6) is 0.928. The van der Waals surface area contributed by atoms with Gasteiger partial charge in [-0.05, 0) is 58.7 Å². The van der Waals surface area contributed by atoms with E-state index in [2.05, 4.69) is 31.1 Å². The Morgan fingerprint density at radius 1 is 1.50 bits per heavy atom. The first-order chi connectivity index (χ1) is 6.76. The third kappa shape index (κ3) is 3.97. The summed E-state index contributed by atoms with van der Waals surface area (Å²) in [6, 6.07) is 0.682. The number of rotatable bonds is 5. The van der Waals surface area contributed by atoms with Gasteiger partial charge < -0.3 is 10.2 Å². The van der Waals surface area contributed by atoms with Crippen molar-refractivity contribution >= 4 is 0 Å². The Labute approximate surface area is 89.1 Å². The van der Waals surface area contributed by atoms with Crippen molar-refractivity contribution in [2.45, 2.75) is 45.6 Å². The maximum atomic E-state index is 3.34. The fraction of sp³-hybridized carbons (Fsp3) is 1.00. The van der Waals surface area contributed by atoms with Crippen LogP contribution in [0.25, 0.3) is 0 Å². The highest BCUT2D eigenvalue weighted by atomic mass is 15.1. The number of piperidine rings is 1. The minimum Gasteiger partial charge on any atom is -0.317 e. The van der Waals surface area contributed by atoms with Crippen molar-refractivity contribution in [3.63, 3.8) is 0 Å². The van der Waals surface area contributed by atoms with Crippen LogP contribution < -0.4 is 5.32 Å². The fourth-order valence-electron chi connectivity index (χ4n) is 2.48. The smallest absolute Gasteiger partial charge is 0.00388 e. The van der Waals surface area contributed by atoms with Gasteiger partial charge in [0.15, 0.2) is 0 Å². The van der Waals surface area contributed by atoms with Gasteiger partial charge in [0.2, 0.25) is 0 Å². The summed E-state index contributed by atoms with van der Waals surface area (Å²) in [6.45, 7) is 8.53. The molecular formula is C12H26N2. The molecule has 0 aliphatic carbocycles. The zero-order valence-electron chi connectivity index (χ0n) is 10.1. The molecule has 2 atom stereocenters. The first-order valence-electron chi connectivity index (χ1n) is 6.15. The summed E-state index contributed by atoms with van der Waals surface area (Å²) in [5.41, 5.74) is 0. The van der Waals surface area contributed by atoms with Crippen molar-refractivity contribution in [1.29, 1.82) is 0 Å². The lowest BCUT2D eigenvalue weighted by Gasteiger charge is -2.33. The second kappa shape index (κ2) is 6.41. The molecular weight excluding hydrogens is 172 g/mol. The molecule has 0 spiro atoms. The van der Waals surface area contributed by atoms with Gasteiger partial charge in [0.05, 0.1) is 0 Å². The average Bonchev–Trinajstić information content (AvgIpc) is 2.19. The minimum absolute atomic E-state index is 0.682. The van der Waals surface area contributed by atoms with Gasteiger partial charge in [-0.1, -0.05) is 6.92 Å². The Morgan fingerprint density at radius 3 is 2.93 bits per heavy atom. The Bertz CT molecular complexity index is 145. The third-order valence-corrected chi connectivity index (χ3v) is 3.32. The number of hydrogen-bond donors (Lipinski definition) is 1. The molecule has 0 aromatic rings. The van der Waals surface area contributed by atoms with Crippen molar-refractivity contribution in [2.24, 2.45) is 5.92 Å². The van der Waals surface area contributed by atoms with E-state index in [4.69, 9.17) is 0 Å². The van der Waals surface area contributed by atoms with Crippen LogP contribution in [0.3, 0.4) is 0 Å². The van der Waals surface area contributed by atoms with Crippen LogP contribution in [-0.2, 0) is 0 Å². The molecule has 0 saturated carbocycles. The zero-order chi connectivity index (χ0) is 10.4. The molecule has 2 unspecified atom stereocenters. The van der Waals surface area contributed by atoms with Crippen LogP contribution in [0.1, 0.15) is 39.5 Å². The van der Waals surface area contributed by atoms with Crippen molar-refractivity contribution in [1.82, 2.24) is 10.2 Å². The molecule has 1 aliphatic heterocycles. The monoisotopic (exact) mass is 198 g/mol. The Morgan fingerprint density at radius 2 is 2.29 bits per heavy atom. The molecule has 0 bridgehead atoms. The van der Waals surface area contributed by atoms with E-state index in [0.717, 1.165) is 5.92 Å². The quantitative estimate of drug-likeness (QED) is 0.728. The van der Waals surface area contributed by atoms with Gasteiger partial charge in [0, 0.05) is 12.6 Å². The molecule has 1 rings (SSSR count). The number of hydrogen-bond acceptors (Lipinski definition) is 2. The Hall–Kier alpha value is -0.0800. The second-order valence-electron chi connectivity index (χ2n) is 4.73. The van der Waals surface area contributed by atoms with Gasteiger partial charge in [-0.25, -0.2) is 0 Å². The highest BCUT2D eigenvalue weighted by Gasteiger charge is 2.20. The highest BCUT2D eigenvalue weighted by molar-refractivity contribution is 4.75. The normalized spacial score (nSPS) is 26.4. The molecule has 0 aromatic carbocycles. The molecule has 1 saturated heterocycles. The largest absolute Gasteiger partial charge is 0.317 e. The highest BCUT2D eigenvalue weighted by Crippen LogP contribution is 2.20. The van der Waals surface area contributed by atoms with Crippen molar-refractivity contribution < 1.29 is 0 Å². The lowest BCUT2D eigenvalue weighted by molar-refractivity contribution is 0.162. The zero-order valence-corrected chi connectivity index (χ0v) is 10.1. The maximum absolute atomic E-state index is 3.34. The van der Waals surface area contributed by atoms with Crippen LogP contribution in [0.2, 0.25) is 0 Å². The SMILES string of the molecule is CCCN1CCCC(CC(C)NC)C1. The van der Waals surface area contributed by atoms with Crippen LogP contribution >= 0.6 is 0 Å². The summed E-state index contributed by atoms with van der Waals surface area (Å²) in [6.07, 6.45) is 5.48. The summed E-state index contributed by atoms with van der Waals surface area (Å²) >= 11 is 0. The van der Waals surface area contributed by atoms with Gasteiger partial charge >= 0.3 is 0 Å². The van der Waals surface area contributed by atoms with Gasteiger partial charge in [0.1, 0.15) is 0 Å². The Kier molecular flexibility index (Phi) is 5.49. The van der Waals surface area contributed by atoms with Crippen LogP contribution in [0.5, 0.6) is 0 Å². The van der Waals surface area contributed by atoms with Crippen LogP contribution in [-0.4, -0.2) is 37.6 Å².